The van der Waals surface area contributed by atoms with E-state index in [0.29, 0.717) is 0 Å². The summed E-state index contributed by atoms with van der Waals surface area (Å²) in [4.78, 5) is 4.62. The number of aryl methyl sites for hydroxylation is 4. The highest BCUT2D eigenvalue weighted by atomic mass is 15.0. The first-order chi connectivity index (χ1) is 6.52. The van der Waals surface area contributed by atoms with Gasteiger partial charge in [0.25, 0.3) is 0 Å². The average molecular weight is 188 g/mol. The largest absolute Gasteiger partial charge is 0.333 e. The molecule has 2 aromatic heterocycles. The molecule has 0 saturated heterocycles. The van der Waals surface area contributed by atoms with Crippen molar-refractivity contribution in [2.24, 2.45) is 7.05 Å². The highest BCUT2D eigenvalue weighted by Gasteiger charge is 2.10. The van der Waals surface area contributed by atoms with Crippen LogP contribution in [0.1, 0.15) is 22.5 Å². The van der Waals surface area contributed by atoms with Crippen LogP contribution >= 0.6 is 0 Å². The minimum absolute atomic E-state index is 1.10. The van der Waals surface area contributed by atoms with Crippen LogP contribution in [0.2, 0.25) is 0 Å². The fourth-order valence-corrected chi connectivity index (χ4v) is 1.83. The summed E-state index contributed by atoms with van der Waals surface area (Å²) in [5.41, 5.74) is 6.14. The van der Waals surface area contributed by atoms with Crippen molar-refractivity contribution in [3.05, 3.63) is 28.6 Å². The van der Waals surface area contributed by atoms with E-state index in [1.165, 1.54) is 22.2 Å². The minimum Gasteiger partial charge on any atom is -0.333 e. The molecule has 0 aromatic carbocycles. The quantitative estimate of drug-likeness (QED) is 0.621. The molecular formula is C12H16N2. The van der Waals surface area contributed by atoms with Gasteiger partial charge in [-0.15, -0.1) is 0 Å². The van der Waals surface area contributed by atoms with Crippen LogP contribution in [0.15, 0.2) is 6.07 Å². The van der Waals surface area contributed by atoms with Gasteiger partial charge in [-0.3, -0.25) is 0 Å². The molecule has 2 heterocycles. The molecule has 0 spiro atoms. The highest BCUT2D eigenvalue weighted by molar-refractivity contribution is 5.82. The molecule has 0 bridgehead atoms. The molecule has 0 N–H and O–H groups in total. The lowest BCUT2D eigenvalue weighted by Crippen LogP contribution is -1.94. The third kappa shape index (κ3) is 1.07. The maximum Gasteiger partial charge on any atom is 0.140 e. The van der Waals surface area contributed by atoms with Crippen molar-refractivity contribution in [1.82, 2.24) is 9.55 Å². The van der Waals surface area contributed by atoms with Crippen LogP contribution in [0.25, 0.3) is 11.0 Å². The van der Waals surface area contributed by atoms with E-state index < -0.39 is 0 Å². The van der Waals surface area contributed by atoms with Crippen LogP contribution in [0.3, 0.4) is 0 Å². The van der Waals surface area contributed by atoms with E-state index in [-0.39, 0.29) is 0 Å². The second-order valence-electron chi connectivity index (χ2n) is 4.03. The topological polar surface area (TPSA) is 17.8 Å². The average Bonchev–Trinajstić information content (AvgIpc) is 2.34. The van der Waals surface area contributed by atoms with Gasteiger partial charge in [0.15, 0.2) is 0 Å². The van der Waals surface area contributed by atoms with Crippen LogP contribution in [0.4, 0.5) is 0 Å². The van der Waals surface area contributed by atoms with Crippen LogP contribution < -0.4 is 0 Å². The summed E-state index contributed by atoms with van der Waals surface area (Å²) >= 11 is 0. The highest BCUT2D eigenvalue weighted by Crippen LogP contribution is 2.24. The molecule has 14 heavy (non-hydrogen) atoms. The van der Waals surface area contributed by atoms with Crippen molar-refractivity contribution in [3.8, 4) is 0 Å². The predicted molar refractivity (Wildman–Crippen MR) is 59.7 cm³/mol. The Morgan fingerprint density at radius 2 is 1.79 bits per heavy atom. The van der Waals surface area contributed by atoms with Crippen molar-refractivity contribution in [1.29, 1.82) is 0 Å². The number of fused-ring (bicyclic) bond motifs is 1. The standard InChI is InChI=1S/C12H16N2/c1-7-6-11-8(2)10(4)14(5)12(11)13-9(7)3/h6H,1-5H3. The zero-order valence-corrected chi connectivity index (χ0v) is 9.47. The molecule has 74 valence electrons. The van der Waals surface area contributed by atoms with Gasteiger partial charge in [-0.25, -0.2) is 4.98 Å². The maximum atomic E-state index is 4.62. The molecule has 0 atom stereocenters. The van der Waals surface area contributed by atoms with Gasteiger partial charge >= 0.3 is 0 Å². The Hall–Kier alpha value is -1.31. The Morgan fingerprint density at radius 3 is 2.43 bits per heavy atom. The van der Waals surface area contributed by atoms with Gasteiger partial charge in [-0.05, 0) is 44.9 Å². The summed E-state index contributed by atoms with van der Waals surface area (Å²) in [6, 6.07) is 2.24. The van der Waals surface area contributed by atoms with Gasteiger partial charge in [-0.1, -0.05) is 0 Å². The number of hydrogen-bond donors (Lipinski definition) is 0. The first kappa shape index (κ1) is 9.25. The van der Waals surface area contributed by atoms with E-state index in [0.717, 1.165) is 11.3 Å². The molecule has 0 fully saturated rings. The van der Waals surface area contributed by atoms with Gasteiger partial charge < -0.3 is 4.57 Å². The summed E-state index contributed by atoms with van der Waals surface area (Å²) in [7, 11) is 2.08. The first-order valence-electron chi connectivity index (χ1n) is 4.92. The molecule has 2 heteroatoms. The number of aromatic nitrogens is 2. The molecule has 2 nitrogen and oxygen atoms in total. The molecule has 0 saturated carbocycles. The summed E-state index contributed by atoms with van der Waals surface area (Å²) < 4.78 is 2.16. The third-order valence-corrected chi connectivity index (χ3v) is 3.21. The fraction of sp³-hybridized carbons (Fsp3) is 0.417. The Kier molecular flexibility index (Phi) is 1.88. The van der Waals surface area contributed by atoms with Crippen molar-refractivity contribution in [2.45, 2.75) is 27.7 Å². The fourth-order valence-electron chi connectivity index (χ4n) is 1.83. The number of rotatable bonds is 0. The lowest BCUT2D eigenvalue weighted by Gasteiger charge is -2.01. The van der Waals surface area contributed by atoms with Crippen LogP contribution in [-0.4, -0.2) is 9.55 Å². The lowest BCUT2D eigenvalue weighted by atomic mass is 10.1. The van der Waals surface area contributed by atoms with E-state index in [1.54, 1.807) is 0 Å². The van der Waals surface area contributed by atoms with E-state index in [9.17, 15) is 0 Å². The predicted octanol–water partition coefficient (Wildman–Crippen LogP) is 2.81. The van der Waals surface area contributed by atoms with Crippen LogP contribution in [0, 0.1) is 27.7 Å². The molecule has 0 aliphatic carbocycles. The van der Waals surface area contributed by atoms with Crippen LogP contribution in [-0.2, 0) is 7.05 Å². The van der Waals surface area contributed by atoms with Crippen molar-refractivity contribution < 1.29 is 0 Å². The summed E-state index contributed by atoms with van der Waals surface area (Å²) in [6.45, 7) is 8.48. The van der Waals surface area contributed by atoms with E-state index in [2.05, 4.69) is 50.4 Å². The maximum absolute atomic E-state index is 4.62. The Morgan fingerprint density at radius 1 is 1.14 bits per heavy atom. The van der Waals surface area contributed by atoms with Crippen molar-refractivity contribution >= 4 is 11.0 Å². The molecule has 2 aromatic rings. The Labute approximate surface area is 84.6 Å². The van der Waals surface area contributed by atoms with Gasteiger partial charge in [-0.2, -0.15) is 0 Å². The number of hydrogen-bond acceptors (Lipinski definition) is 1. The summed E-state index contributed by atoms with van der Waals surface area (Å²) in [5, 5.41) is 1.29. The van der Waals surface area contributed by atoms with E-state index >= 15 is 0 Å². The van der Waals surface area contributed by atoms with Crippen LogP contribution in [0.5, 0.6) is 0 Å². The Bertz CT molecular complexity index is 462. The van der Waals surface area contributed by atoms with Gasteiger partial charge in [0.2, 0.25) is 0 Å². The normalized spacial score (nSPS) is 11.2. The second kappa shape index (κ2) is 2.84. The van der Waals surface area contributed by atoms with Crippen molar-refractivity contribution in [2.75, 3.05) is 0 Å². The molecular weight excluding hydrogens is 172 g/mol. The summed E-state index contributed by atoms with van der Waals surface area (Å²) in [6.07, 6.45) is 0. The second-order valence-corrected chi connectivity index (χ2v) is 4.03. The molecule has 2 rings (SSSR count). The third-order valence-electron chi connectivity index (χ3n) is 3.21. The smallest absolute Gasteiger partial charge is 0.140 e. The monoisotopic (exact) mass is 188 g/mol. The first-order valence-corrected chi connectivity index (χ1v) is 4.92. The van der Waals surface area contributed by atoms with Gasteiger partial charge in [0.05, 0.1) is 0 Å². The lowest BCUT2D eigenvalue weighted by molar-refractivity contribution is 0.891. The van der Waals surface area contributed by atoms with E-state index in [4.69, 9.17) is 0 Å². The Balaban J connectivity index is 2.96. The zero-order chi connectivity index (χ0) is 10.5. The van der Waals surface area contributed by atoms with Gasteiger partial charge in [0, 0.05) is 23.8 Å². The summed E-state index contributed by atoms with van der Waals surface area (Å²) in [5.74, 6) is 0. The van der Waals surface area contributed by atoms with E-state index in [1.807, 2.05) is 0 Å². The zero-order valence-electron chi connectivity index (χ0n) is 9.47. The molecule has 0 aliphatic rings. The molecule has 0 radical (unpaired) electrons. The van der Waals surface area contributed by atoms with Gasteiger partial charge in [0.1, 0.15) is 5.65 Å². The SMILES string of the molecule is Cc1cc2c(C)c(C)n(C)c2nc1C. The number of pyridine rings is 1. The molecule has 0 amide bonds. The number of nitrogens with zero attached hydrogens (tertiary/aromatic N) is 2. The van der Waals surface area contributed by atoms with Crippen molar-refractivity contribution in [3.63, 3.8) is 0 Å². The minimum atomic E-state index is 1.10. The molecule has 0 aliphatic heterocycles. The molecule has 0 unspecified atom stereocenters.